The lowest BCUT2D eigenvalue weighted by atomic mass is 10.2. The molecule has 0 aromatic heterocycles. The first kappa shape index (κ1) is 16.8. The van der Waals surface area contributed by atoms with Gasteiger partial charge in [0.25, 0.3) is 0 Å². The molecule has 21 heavy (non-hydrogen) atoms. The summed E-state index contributed by atoms with van der Waals surface area (Å²) in [5.41, 5.74) is 0.884. The summed E-state index contributed by atoms with van der Waals surface area (Å²) in [6.07, 6.45) is 5.22. The summed E-state index contributed by atoms with van der Waals surface area (Å²) in [6, 6.07) is 7.31. The molecule has 5 nitrogen and oxygen atoms in total. The molecule has 0 heterocycles. The number of carbonyl (C=O) groups excluding carboxylic acids is 1. The summed E-state index contributed by atoms with van der Waals surface area (Å²) in [5.74, 6) is -0.436. The molecule has 0 bridgehead atoms. The summed E-state index contributed by atoms with van der Waals surface area (Å²) < 4.78 is 10.1. The quantitative estimate of drug-likeness (QED) is 0.430. The Morgan fingerprint density at radius 1 is 1.14 bits per heavy atom. The van der Waals surface area contributed by atoms with Crippen LogP contribution in [0.1, 0.15) is 31.2 Å². The number of ether oxygens (including phenoxy) is 2. The molecule has 0 fully saturated rings. The van der Waals surface area contributed by atoms with Crippen molar-refractivity contribution in [2.24, 2.45) is 0 Å². The van der Waals surface area contributed by atoms with Crippen molar-refractivity contribution in [3.63, 3.8) is 0 Å². The van der Waals surface area contributed by atoms with E-state index in [-0.39, 0.29) is 6.42 Å². The highest BCUT2D eigenvalue weighted by molar-refractivity contribution is 5.87. The minimum Gasteiger partial charge on any atom is -0.497 e. The number of carboxylic acids is 1. The van der Waals surface area contributed by atoms with Gasteiger partial charge in [0.15, 0.2) is 0 Å². The normalized spacial score (nSPS) is 10.5. The molecule has 0 radical (unpaired) electrons. The average Bonchev–Trinajstić information content (AvgIpc) is 2.49. The van der Waals surface area contributed by atoms with E-state index in [0.717, 1.165) is 17.7 Å². The van der Waals surface area contributed by atoms with E-state index in [2.05, 4.69) is 0 Å². The number of carbonyl (C=O) groups is 2. The number of benzene rings is 1. The van der Waals surface area contributed by atoms with Crippen LogP contribution in [0.15, 0.2) is 30.3 Å². The molecule has 0 saturated carbocycles. The molecular formula is C16H20O5. The first-order valence-electron chi connectivity index (χ1n) is 6.82. The first-order valence-corrected chi connectivity index (χ1v) is 6.82. The largest absolute Gasteiger partial charge is 0.497 e. The van der Waals surface area contributed by atoms with Crippen molar-refractivity contribution in [3.05, 3.63) is 35.9 Å². The maximum atomic E-state index is 11.5. The van der Waals surface area contributed by atoms with Gasteiger partial charge in [-0.2, -0.15) is 0 Å². The predicted octanol–water partition coefficient (Wildman–Crippen LogP) is 2.90. The Morgan fingerprint density at radius 3 is 2.48 bits per heavy atom. The van der Waals surface area contributed by atoms with Crippen LogP contribution in [0.5, 0.6) is 5.75 Å². The van der Waals surface area contributed by atoms with Gasteiger partial charge in [-0.3, -0.25) is 4.79 Å². The van der Waals surface area contributed by atoms with Crippen LogP contribution in [0.2, 0.25) is 0 Å². The van der Waals surface area contributed by atoms with Gasteiger partial charge in [-0.25, -0.2) is 4.79 Å². The van der Waals surface area contributed by atoms with E-state index in [1.807, 2.05) is 24.3 Å². The van der Waals surface area contributed by atoms with Crippen molar-refractivity contribution in [1.29, 1.82) is 0 Å². The van der Waals surface area contributed by atoms with Gasteiger partial charge >= 0.3 is 11.9 Å². The highest BCUT2D eigenvalue weighted by Crippen LogP contribution is 2.12. The van der Waals surface area contributed by atoms with Crippen molar-refractivity contribution >= 4 is 18.0 Å². The molecule has 0 atom stereocenters. The van der Waals surface area contributed by atoms with E-state index >= 15 is 0 Å². The van der Waals surface area contributed by atoms with Crippen LogP contribution >= 0.6 is 0 Å². The predicted molar refractivity (Wildman–Crippen MR) is 79.1 cm³/mol. The molecule has 1 aromatic carbocycles. The minimum absolute atomic E-state index is 0.158. The maximum absolute atomic E-state index is 11.5. The van der Waals surface area contributed by atoms with E-state index in [1.165, 1.54) is 6.08 Å². The number of unbranched alkanes of at least 4 members (excludes halogenated alkanes) is 2. The van der Waals surface area contributed by atoms with Crippen LogP contribution in [0, 0.1) is 0 Å². The Labute approximate surface area is 124 Å². The zero-order chi connectivity index (χ0) is 15.5. The average molecular weight is 292 g/mol. The minimum atomic E-state index is -0.797. The van der Waals surface area contributed by atoms with Gasteiger partial charge in [-0.05, 0) is 43.0 Å². The Kier molecular flexibility index (Phi) is 7.64. The summed E-state index contributed by atoms with van der Waals surface area (Å²) in [5, 5.41) is 8.47. The fourth-order valence-corrected chi connectivity index (χ4v) is 1.66. The van der Waals surface area contributed by atoms with E-state index in [4.69, 9.17) is 14.6 Å². The van der Waals surface area contributed by atoms with Crippen molar-refractivity contribution in [2.45, 2.75) is 25.7 Å². The summed E-state index contributed by atoms with van der Waals surface area (Å²) in [4.78, 5) is 21.8. The molecule has 0 aliphatic rings. The zero-order valence-electron chi connectivity index (χ0n) is 12.1. The topological polar surface area (TPSA) is 72.8 Å². The summed E-state index contributed by atoms with van der Waals surface area (Å²) >= 11 is 0. The van der Waals surface area contributed by atoms with E-state index < -0.39 is 11.9 Å². The second kappa shape index (κ2) is 9.58. The second-order valence-electron chi connectivity index (χ2n) is 4.48. The van der Waals surface area contributed by atoms with Gasteiger partial charge in [0.2, 0.25) is 0 Å². The molecule has 1 N–H and O–H groups in total. The number of hydrogen-bond acceptors (Lipinski definition) is 4. The maximum Gasteiger partial charge on any atom is 0.330 e. The lowest BCUT2D eigenvalue weighted by Crippen LogP contribution is -2.02. The third-order valence-corrected chi connectivity index (χ3v) is 2.81. The molecule has 114 valence electrons. The smallest absolute Gasteiger partial charge is 0.330 e. The van der Waals surface area contributed by atoms with Crippen LogP contribution < -0.4 is 4.74 Å². The molecule has 5 heteroatoms. The number of carboxylic acid groups (broad SMARTS) is 1. The Bertz CT molecular complexity index is 476. The molecular weight excluding hydrogens is 272 g/mol. The fraction of sp³-hybridized carbons (Fsp3) is 0.375. The van der Waals surface area contributed by atoms with Gasteiger partial charge in [-0.15, -0.1) is 0 Å². The van der Waals surface area contributed by atoms with Crippen LogP contribution in [-0.4, -0.2) is 30.8 Å². The van der Waals surface area contributed by atoms with Crippen molar-refractivity contribution in [3.8, 4) is 5.75 Å². The van der Waals surface area contributed by atoms with Crippen molar-refractivity contribution < 1.29 is 24.2 Å². The highest BCUT2D eigenvalue weighted by atomic mass is 16.5. The highest BCUT2D eigenvalue weighted by Gasteiger charge is 1.99. The summed E-state index contributed by atoms with van der Waals surface area (Å²) in [6.45, 7) is 0.311. The van der Waals surface area contributed by atoms with E-state index in [0.29, 0.717) is 19.4 Å². The molecule has 0 saturated heterocycles. The van der Waals surface area contributed by atoms with Gasteiger partial charge in [0.1, 0.15) is 5.75 Å². The van der Waals surface area contributed by atoms with Crippen LogP contribution in [0.3, 0.4) is 0 Å². The summed E-state index contributed by atoms with van der Waals surface area (Å²) in [7, 11) is 1.60. The third kappa shape index (κ3) is 7.77. The van der Waals surface area contributed by atoms with Crippen LogP contribution in [0.25, 0.3) is 6.08 Å². The lowest BCUT2D eigenvalue weighted by Gasteiger charge is -2.01. The number of methoxy groups -OCH3 is 1. The fourth-order valence-electron chi connectivity index (χ4n) is 1.66. The van der Waals surface area contributed by atoms with E-state index in [9.17, 15) is 9.59 Å². The van der Waals surface area contributed by atoms with Crippen molar-refractivity contribution in [2.75, 3.05) is 13.7 Å². The molecule has 0 spiro atoms. The van der Waals surface area contributed by atoms with Crippen LogP contribution in [-0.2, 0) is 14.3 Å². The van der Waals surface area contributed by atoms with Gasteiger partial charge in [0, 0.05) is 12.5 Å². The first-order chi connectivity index (χ1) is 10.1. The van der Waals surface area contributed by atoms with Gasteiger partial charge in [0.05, 0.1) is 13.7 Å². The molecule has 1 aromatic rings. The Morgan fingerprint density at radius 2 is 1.86 bits per heavy atom. The standard InChI is InChI=1S/C16H20O5/c1-20-14-9-6-13(7-10-14)8-11-16(19)21-12-4-2-3-5-15(17)18/h6-11H,2-5,12H2,1H3,(H,17,18). The molecule has 0 aliphatic heterocycles. The molecule has 1 rings (SSSR count). The molecule has 0 aliphatic carbocycles. The lowest BCUT2D eigenvalue weighted by molar-refractivity contribution is -0.139. The number of rotatable bonds is 9. The number of esters is 1. The molecule has 0 unspecified atom stereocenters. The SMILES string of the molecule is COc1ccc(C=CC(=O)OCCCCCC(=O)O)cc1. The number of hydrogen-bond donors (Lipinski definition) is 1. The monoisotopic (exact) mass is 292 g/mol. The second-order valence-corrected chi connectivity index (χ2v) is 4.48. The zero-order valence-corrected chi connectivity index (χ0v) is 12.1. The van der Waals surface area contributed by atoms with Crippen LogP contribution in [0.4, 0.5) is 0 Å². The van der Waals surface area contributed by atoms with E-state index in [1.54, 1.807) is 13.2 Å². The number of aliphatic carboxylic acids is 1. The Balaban J connectivity index is 2.20. The Hall–Kier alpha value is -2.30. The molecule has 0 amide bonds. The van der Waals surface area contributed by atoms with Gasteiger partial charge in [-0.1, -0.05) is 12.1 Å². The third-order valence-electron chi connectivity index (χ3n) is 2.81. The van der Waals surface area contributed by atoms with Gasteiger partial charge < -0.3 is 14.6 Å². The van der Waals surface area contributed by atoms with Crippen molar-refractivity contribution in [1.82, 2.24) is 0 Å².